The van der Waals surface area contributed by atoms with Gasteiger partial charge in [-0.25, -0.2) is 0 Å². The van der Waals surface area contributed by atoms with E-state index in [9.17, 15) is 9.59 Å². The van der Waals surface area contributed by atoms with Crippen molar-refractivity contribution in [1.82, 2.24) is 14.7 Å². The van der Waals surface area contributed by atoms with E-state index < -0.39 is 7.26 Å². The first kappa shape index (κ1) is 43.1. The second-order valence-corrected chi connectivity index (χ2v) is 21.5. The molecule has 0 unspecified atom stereocenters. The predicted molar refractivity (Wildman–Crippen MR) is 221 cm³/mol. The zero-order chi connectivity index (χ0) is 35.9. The Balaban J connectivity index is 0.000000323. The Morgan fingerprint density at radius 1 is 0.420 bits per heavy atom. The largest absolute Gasteiger partial charge is 0.365 e. The van der Waals surface area contributed by atoms with Gasteiger partial charge in [-0.1, -0.05) is 13.3 Å². The molecule has 0 amide bonds. The van der Waals surface area contributed by atoms with Gasteiger partial charge in [-0.3, -0.25) is 9.59 Å². The molecule has 3 aliphatic heterocycles. The minimum atomic E-state index is -1.04. The number of hydrogen-bond donors (Lipinski definition) is 0. The quantitative estimate of drug-likeness (QED) is 0.0309. The zero-order valence-corrected chi connectivity index (χ0v) is 34.8. The van der Waals surface area contributed by atoms with E-state index in [1.54, 1.807) is 50.3 Å². The van der Waals surface area contributed by atoms with Crippen LogP contribution in [-0.2, 0) is 9.59 Å². The molecule has 3 fully saturated rings. The van der Waals surface area contributed by atoms with Crippen LogP contribution in [0, 0.1) is 0 Å². The summed E-state index contributed by atoms with van der Waals surface area (Å²) >= 11 is 0. The molecule has 3 heterocycles. The van der Waals surface area contributed by atoms with Crippen LogP contribution in [0.2, 0.25) is 0 Å². The van der Waals surface area contributed by atoms with Crippen molar-refractivity contribution in [3.8, 4) is 0 Å². The molecule has 0 aromatic heterocycles. The molecule has 0 N–H and O–H groups in total. The molecule has 4 aliphatic rings. The van der Waals surface area contributed by atoms with Crippen molar-refractivity contribution in [3.05, 3.63) is 23.2 Å². The fourth-order valence-corrected chi connectivity index (χ4v) is 13.6. The molecular weight excluding hydrogens is 633 g/mol. The van der Waals surface area contributed by atoms with Crippen molar-refractivity contribution in [2.45, 2.75) is 182 Å². The Bertz CT molecular complexity index is 979. The van der Waals surface area contributed by atoms with Gasteiger partial charge in [0, 0.05) is 45.3 Å². The molecular formula is C44H82N3O2P. The molecule has 4 rings (SSSR count). The second-order valence-electron chi connectivity index (χ2n) is 16.5. The SMILES string of the molecule is CCCCCCCCCCCCCC[PH](CCCCCC)(CCCCCC)CCCCCC.O=C1C=C(N2CC2)C(=O)C(N2CC2)=C1N1CC1. The minimum absolute atomic E-state index is 0.00546. The smallest absolute Gasteiger partial charge is 0.227 e. The third-order valence-corrected chi connectivity index (χ3v) is 17.4. The average molecular weight is 716 g/mol. The summed E-state index contributed by atoms with van der Waals surface area (Å²) in [5.74, 6) is 0.0485. The maximum Gasteiger partial charge on any atom is 0.227 e. The van der Waals surface area contributed by atoms with E-state index in [1.165, 1.54) is 134 Å². The molecule has 6 heteroatoms. The summed E-state index contributed by atoms with van der Waals surface area (Å²) in [6.45, 7) is 14.8. The zero-order valence-electron chi connectivity index (χ0n) is 33.8. The van der Waals surface area contributed by atoms with E-state index in [2.05, 4.69) is 27.7 Å². The Kier molecular flexibility index (Phi) is 22.0. The molecule has 0 aromatic carbocycles. The first-order valence-corrected chi connectivity index (χ1v) is 25.1. The molecule has 0 radical (unpaired) electrons. The van der Waals surface area contributed by atoms with E-state index >= 15 is 0 Å². The van der Waals surface area contributed by atoms with Crippen molar-refractivity contribution >= 4 is 18.8 Å². The van der Waals surface area contributed by atoms with Gasteiger partial charge in [0.25, 0.3) is 0 Å². The van der Waals surface area contributed by atoms with Crippen molar-refractivity contribution < 1.29 is 9.59 Å². The van der Waals surface area contributed by atoms with Gasteiger partial charge in [-0.15, -0.1) is 0 Å². The van der Waals surface area contributed by atoms with Crippen LogP contribution in [0.25, 0.3) is 0 Å². The van der Waals surface area contributed by atoms with Gasteiger partial charge in [0.1, 0.15) is 11.4 Å². The summed E-state index contributed by atoms with van der Waals surface area (Å²) in [5.41, 5.74) is 1.89. The van der Waals surface area contributed by atoms with E-state index in [-0.39, 0.29) is 11.6 Å². The molecule has 50 heavy (non-hydrogen) atoms. The summed E-state index contributed by atoms with van der Waals surface area (Å²) in [6, 6.07) is 0. The van der Waals surface area contributed by atoms with Gasteiger partial charge in [-0.2, -0.15) is 0 Å². The van der Waals surface area contributed by atoms with Crippen LogP contribution in [0.5, 0.6) is 0 Å². The Morgan fingerprint density at radius 2 is 0.720 bits per heavy atom. The van der Waals surface area contributed by atoms with E-state index in [0.717, 1.165) is 39.3 Å². The van der Waals surface area contributed by atoms with Crippen molar-refractivity contribution in [2.75, 3.05) is 63.9 Å². The molecule has 0 spiro atoms. The maximum absolute atomic E-state index is 12.4. The molecule has 0 saturated carbocycles. The van der Waals surface area contributed by atoms with Crippen LogP contribution in [-0.4, -0.2) is 90.2 Å². The van der Waals surface area contributed by atoms with Crippen LogP contribution < -0.4 is 0 Å². The molecule has 1 aliphatic carbocycles. The second kappa shape index (κ2) is 25.6. The van der Waals surface area contributed by atoms with Crippen molar-refractivity contribution in [2.24, 2.45) is 0 Å². The molecule has 0 atom stereocenters. The first-order valence-electron chi connectivity index (χ1n) is 22.3. The van der Waals surface area contributed by atoms with Crippen LogP contribution >= 0.6 is 7.26 Å². The first-order chi connectivity index (χ1) is 24.5. The maximum atomic E-state index is 12.4. The summed E-state index contributed by atoms with van der Waals surface area (Å²) in [7, 11) is -1.04. The Morgan fingerprint density at radius 3 is 1.06 bits per heavy atom. The van der Waals surface area contributed by atoms with Crippen molar-refractivity contribution in [1.29, 1.82) is 0 Å². The standard InChI is InChI=1S/C32H69P.C12H13N3O2/c1-5-9-13-17-18-19-20-21-22-23-24-28-32-33(29-25-14-10-6-2,30-26-15-11-7-3)31-27-16-12-8-4;16-9-7-8(13-1-2-13)12(17)11(15-5-6-15)10(9)14-3-4-14/h33H,5-32H2,1-4H3;7H,1-6H2. The fourth-order valence-electron chi connectivity index (χ4n) is 8.15. The monoisotopic (exact) mass is 716 g/mol. The Hall–Kier alpha value is -1.35. The molecule has 0 aromatic rings. The van der Waals surface area contributed by atoms with Gasteiger partial charge in [-0.05, 0) is 0 Å². The van der Waals surface area contributed by atoms with Crippen molar-refractivity contribution in [3.63, 3.8) is 0 Å². The molecule has 290 valence electrons. The fraction of sp³-hybridized carbons (Fsp3) is 0.864. The van der Waals surface area contributed by atoms with Crippen LogP contribution in [0.3, 0.4) is 0 Å². The average Bonchev–Trinajstić information content (AvgIpc) is 3.95. The molecule has 3 saturated heterocycles. The number of Topliss-reactive ketones (excluding diaryl/α,β-unsaturated/α-hetero) is 1. The van der Waals surface area contributed by atoms with Crippen LogP contribution in [0.4, 0.5) is 0 Å². The van der Waals surface area contributed by atoms with E-state index in [1.807, 2.05) is 14.7 Å². The van der Waals surface area contributed by atoms with Gasteiger partial charge >= 0.3 is 200 Å². The van der Waals surface area contributed by atoms with Gasteiger partial charge in [0.2, 0.25) is 11.6 Å². The predicted octanol–water partition coefficient (Wildman–Crippen LogP) is 11.4. The van der Waals surface area contributed by atoms with Gasteiger partial charge in [0.15, 0.2) is 0 Å². The number of carbonyl (C=O) groups is 2. The van der Waals surface area contributed by atoms with E-state index in [4.69, 9.17) is 0 Å². The number of hydrogen-bond acceptors (Lipinski definition) is 5. The summed E-state index contributed by atoms with van der Waals surface area (Å²) < 4.78 is 0. The number of carbonyl (C=O) groups excluding carboxylic acids is 2. The minimum Gasteiger partial charge on any atom is -0.365 e. The summed E-state index contributed by atoms with van der Waals surface area (Å²) in [5, 5.41) is 0. The third-order valence-electron chi connectivity index (χ3n) is 11.7. The topological polar surface area (TPSA) is 43.2 Å². The number of ketones is 2. The summed E-state index contributed by atoms with van der Waals surface area (Å²) in [6.07, 6.45) is 43.8. The third kappa shape index (κ3) is 17.0. The Labute approximate surface area is 311 Å². The number of rotatable bonds is 31. The van der Waals surface area contributed by atoms with E-state index in [0.29, 0.717) is 17.1 Å². The van der Waals surface area contributed by atoms with Gasteiger partial charge < -0.3 is 14.7 Å². The number of unbranched alkanes of at least 4 members (excludes halogenated alkanes) is 20. The number of allylic oxidation sites excluding steroid dienone is 1. The van der Waals surface area contributed by atoms with Crippen LogP contribution in [0.1, 0.15) is 182 Å². The number of nitrogens with zero attached hydrogens (tertiary/aromatic N) is 3. The van der Waals surface area contributed by atoms with Crippen LogP contribution in [0.15, 0.2) is 23.2 Å². The molecule has 0 bridgehead atoms. The molecule has 5 nitrogen and oxygen atoms in total. The summed E-state index contributed by atoms with van der Waals surface area (Å²) in [4.78, 5) is 30.5. The normalized spacial score (nSPS) is 17.3. The van der Waals surface area contributed by atoms with Gasteiger partial charge in [0.05, 0.1) is 5.70 Å².